The van der Waals surface area contributed by atoms with E-state index in [4.69, 9.17) is 22.1 Å². The Labute approximate surface area is 113 Å². The molecule has 0 aromatic heterocycles. The SMILES string of the molecule is CN1CCCC2(C[C@@H](N)c3cc(Cl)ccc3O2)C1. The summed E-state index contributed by atoms with van der Waals surface area (Å²) >= 11 is 6.02. The van der Waals surface area contributed by atoms with E-state index in [2.05, 4.69) is 11.9 Å². The maximum atomic E-state index is 6.31. The molecule has 1 saturated heterocycles. The molecule has 98 valence electrons. The van der Waals surface area contributed by atoms with Crippen molar-refractivity contribution in [2.45, 2.75) is 30.9 Å². The number of hydrogen-bond acceptors (Lipinski definition) is 3. The number of nitrogens with two attached hydrogens (primary N) is 1. The summed E-state index contributed by atoms with van der Waals surface area (Å²) in [5, 5.41) is 0.726. The van der Waals surface area contributed by atoms with E-state index in [9.17, 15) is 0 Å². The Morgan fingerprint density at radius 3 is 3.11 bits per heavy atom. The smallest absolute Gasteiger partial charge is 0.125 e. The standard InChI is InChI=1S/C14H19ClN2O/c1-17-6-2-5-14(9-17)8-12(16)11-7-10(15)3-4-13(11)18-14/h3-4,7,12H,2,5-6,8-9,16H2,1H3/t12-,14?/m1/s1. The third-order valence-electron chi connectivity index (χ3n) is 4.02. The lowest BCUT2D eigenvalue weighted by Gasteiger charge is -2.46. The lowest BCUT2D eigenvalue weighted by Crippen LogP contribution is -2.53. The molecule has 1 spiro atoms. The molecule has 4 heteroatoms. The number of benzene rings is 1. The first-order valence-corrected chi connectivity index (χ1v) is 6.88. The van der Waals surface area contributed by atoms with Crippen LogP contribution in [0, 0.1) is 0 Å². The van der Waals surface area contributed by atoms with Crippen molar-refractivity contribution in [3.8, 4) is 5.75 Å². The second-order valence-electron chi connectivity index (χ2n) is 5.62. The molecule has 18 heavy (non-hydrogen) atoms. The fraction of sp³-hybridized carbons (Fsp3) is 0.571. The molecular weight excluding hydrogens is 248 g/mol. The van der Waals surface area contributed by atoms with Crippen LogP contribution in [-0.2, 0) is 0 Å². The summed E-state index contributed by atoms with van der Waals surface area (Å²) in [4.78, 5) is 2.33. The third kappa shape index (κ3) is 2.11. The predicted octanol–water partition coefficient (Wildman–Crippen LogP) is 2.59. The Balaban J connectivity index is 1.93. The van der Waals surface area contributed by atoms with Gasteiger partial charge in [-0.05, 0) is 44.6 Å². The van der Waals surface area contributed by atoms with Gasteiger partial charge >= 0.3 is 0 Å². The number of nitrogens with zero attached hydrogens (tertiary/aromatic N) is 1. The predicted molar refractivity (Wildman–Crippen MR) is 73.1 cm³/mol. The van der Waals surface area contributed by atoms with Gasteiger partial charge in [-0.1, -0.05) is 11.6 Å². The Kier molecular flexibility index (Phi) is 3.00. The molecule has 2 aliphatic heterocycles. The van der Waals surface area contributed by atoms with Gasteiger partial charge in [-0.3, -0.25) is 0 Å². The highest BCUT2D eigenvalue weighted by molar-refractivity contribution is 6.30. The summed E-state index contributed by atoms with van der Waals surface area (Å²) in [7, 11) is 2.15. The highest BCUT2D eigenvalue weighted by Gasteiger charge is 2.42. The summed E-state index contributed by atoms with van der Waals surface area (Å²) in [6.07, 6.45) is 3.14. The fourth-order valence-electron chi connectivity index (χ4n) is 3.26. The topological polar surface area (TPSA) is 38.5 Å². The van der Waals surface area contributed by atoms with Crippen molar-refractivity contribution in [2.75, 3.05) is 20.1 Å². The number of hydrogen-bond donors (Lipinski definition) is 1. The van der Waals surface area contributed by atoms with Crippen LogP contribution in [0.15, 0.2) is 18.2 Å². The van der Waals surface area contributed by atoms with Crippen molar-refractivity contribution < 1.29 is 4.74 Å². The molecule has 2 heterocycles. The van der Waals surface area contributed by atoms with Gasteiger partial charge in [-0.25, -0.2) is 0 Å². The normalized spacial score (nSPS) is 32.1. The van der Waals surface area contributed by atoms with Gasteiger partial charge in [-0.2, -0.15) is 0 Å². The molecule has 2 atom stereocenters. The van der Waals surface area contributed by atoms with Crippen molar-refractivity contribution in [1.29, 1.82) is 0 Å². The molecule has 1 aromatic carbocycles. The first-order chi connectivity index (χ1) is 8.58. The number of piperidine rings is 1. The average Bonchev–Trinajstić information content (AvgIpc) is 2.30. The van der Waals surface area contributed by atoms with Crippen molar-refractivity contribution in [3.63, 3.8) is 0 Å². The lowest BCUT2D eigenvalue weighted by molar-refractivity contribution is -0.0233. The Morgan fingerprint density at radius 2 is 2.33 bits per heavy atom. The van der Waals surface area contributed by atoms with E-state index in [1.54, 1.807) is 0 Å². The highest BCUT2D eigenvalue weighted by atomic mass is 35.5. The molecule has 1 aromatic rings. The zero-order valence-corrected chi connectivity index (χ0v) is 11.4. The number of halogens is 1. The van der Waals surface area contributed by atoms with Gasteiger partial charge in [-0.15, -0.1) is 0 Å². The Hall–Kier alpha value is -0.770. The van der Waals surface area contributed by atoms with Gasteiger partial charge in [0.1, 0.15) is 11.4 Å². The second kappa shape index (κ2) is 4.41. The van der Waals surface area contributed by atoms with Crippen LogP contribution in [0.4, 0.5) is 0 Å². The summed E-state index contributed by atoms with van der Waals surface area (Å²) in [5.41, 5.74) is 7.25. The maximum absolute atomic E-state index is 6.31. The molecule has 0 amide bonds. The van der Waals surface area contributed by atoms with Crippen LogP contribution < -0.4 is 10.5 Å². The van der Waals surface area contributed by atoms with Crippen molar-refractivity contribution >= 4 is 11.6 Å². The number of fused-ring (bicyclic) bond motifs is 1. The quantitative estimate of drug-likeness (QED) is 0.784. The number of ether oxygens (including phenoxy) is 1. The monoisotopic (exact) mass is 266 g/mol. The molecule has 2 N–H and O–H groups in total. The minimum absolute atomic E-state index is 0.0268. The van der Waals surface area contributed by atoms with Crippen LogP contribution >= 0.6 is 11.6 Å². The first-order valence-electron chi connectivity index (χ1n) is 6.51. The Morgan fingerprint density at radius 1 is 1.50 bits per heavy atom. The molecule has 0 radical (unpaired) electrons. The van der Waals surface area contributed by atoms with Gasteiger partial charge in [0.05, 0.1) is 0 Å². The summed E-state index contributed by atoms with van der Waals surface area (Å²) in [6.45, 7) is 2.11. The molecule has 1 fully saturated rings. The van der Waals surface area contributed by atoms with Gasteiger partial charge < -0.3 is 15.4 Å². The van der Waals surface area contributed by atoms with Gasteiger partial charge in [0.15, 0.2) is 0 Å². The first kappa shape index (κ1) is 12.3. The minimum Gasteiger partial charge on any atom is -0.486 e. The zero-order chi connectivity index (χ0) is 12.8. The van der Waals surface area contributed by atoms with Crippen molar-refractivity contribution in [3.05, 3.63) is 28.8 Å². The van der Waals surface area contributed by atoms with E-state index in [0.717, 1.165) is 42.3 Å². The number of likely N-dealkylation sites (tertiary alicyclic amines) is 1. The van der Waals surface area contributed by atoms with E-state index in [1.165, 1.54) is 6.42 Å². The van der Waals surface area contributed by atoms with Crippen LogP contribution in [0.25, 0.3) is 0 Å². The van der Waals surface area contributed by atoms with Crippen molar-refractivity contribution in [2.24, 2.45) is 5.73 Å². The van der Waals surface area contributed by atoms with Crippen molar-refractivity contribution in [1.82, 2.24) is 4.90 Å². The Bertz CT molecular complexity index is 465. The molecule has 0 saturated carbocycles. The van der Waals surface area contributed by atoms with Crippen LogP contribution in [0.1, 0.15) is 30.9 Å². The molecule has 3 rings (SSSR count). The van der Waals surface area contributed by atoms with Gasteiger partial charge in [0.2, 0.25) is 0 Å². The summed E-state index contributed by atoms with van der Waals surface area (Å²) < 4.78 is 6.28. The lowest BCUT2D eigenvalue weighted by atomic mass is 9.82. The van der Waals surface area contributed by atoms with Gasteiger partial charge in [0, 0.05) is 29.6 Å². The van der Waals surface area contributed by atoms with Gasteiger partial charge in [0.25, 0.3) is 0 Å². The molecule has 2 aliphatic rings. The zero-order valence-electron chi connectivity index (χ0n) is 10.7. The van der Waals surface area contributed by atoms with E-state index in [0.29, 0.717) is 0 Å². The molecular formula is C14H19ClN2O. The van der Waals surface area contributed by atoms with E-state index < -0.39 is 0 Å². The highest BCUT2D eigenvalue weighted by Crippen LogP contribution is 2.43. The summed E-state index contributed by atoms with van der Waals surface area (Å²) in [5.74, 6) is 0.911. The van der Waals surface area contributed by atoms with Crippen LogP contribution in [0.5, 0.6) is 5.75 Å². The largest absolute Gasteiger partial charge is 0.486 e. The fourth-order valence-corrected chi connectivity index (χ4v) is 3.44. The third-order valence-corrected chi connectivity index (χ3v) is 4.26. The molecule has 3 nitrogen and oxygen atoms in total. The van der Waals surface area contributed by atoms with E-state index in [1.807, 2.05) is 18.2 Å². The second-order valence-corrected chi connectivity index (χ2v) is 6.06. The summed E-state index contributed by atoms with van der Waals surface area (Å²) in [6, 6.07) is 5.78. The number of rotatable bonds is 0. The maximum Gasteiger partial charge on any atom is 0.125 e. The van der Waals surface area contributed by atoms with E-state index in [-0.39, 0.29) is 11.6 Å². The van der Waals surface area contributed by atoms with Crippen LogP contribution in [0.3, 0.4) is 0 Å². The van der Waals surface area contributed by atoms with Crippen LogP contribution in [0.2, 0.25) is 5.02 Å². The van der Waals surface area contributed by atoms with Crippen LogP contribution in [-0.4, -0.2) is 30.6 Å². The minimum atomic E-state index is -0.104. The molecule has 0 aliphatic carbocycles. The molecule has 1 unspecified atom stereocenters. The average molecular weight is 267 g/mol. The molecule has 0 bridgehead atoms. The number of likely N-dealkylation sites (N-methyl/N-ethyl adjacent to an activating group) is 1. The van der Waals surface area contributed by atoms with E-state index >= 15 is 0 Å².